The molecule has 1 rings (SSSR count). The Morgan fingerprint density at radius 1 is 1.30 bits per heavy atom. The van der Waals surface area contributed by atoms with Crippen LogP contribution in [0.4, 0.5) is 0 Å². The van der Waals surface area contributed by atoms with Crippen LogP contribution in [0.5, 0.6) is 0 Å². The van der Waals surface area contributed by atoms with E-state index in [-0.39, 0.29) is 0 Å². The minimum absolute atomic E-state index is 0.631. The molecule has 1 heteroatoms. The normalized spacial score (nSPS) is 16.9. The predicted molar refractivity (Wildman–Crippen MR) is 42.9 cm³/mol. The molecule has 0 radical (unpaired) electrons. The molecule has 0 aliphatic heterocycles. The molecule has 56 valence electrons. The maximum absolute atomic E-state index is 5.23. The van der Waals surface area contributed by atoms with E-state index < -0.39 is 0 Å². The van der Waals surface area contributed by atoms with Crippen LogP contribution in [0.25, 0.3) is 0 Å². The molecule has 0 atom stereocenters. The molecule has 0 aromatic heterocycles. The van der Waals surface area contributed by atoms with E-state index in [0.717, 1.165) is 19.6 Å². The van der Waals surface area contributed by atoms with Crippen LogP contribution in [0.2, 0.25) is 0 Å². The van der Waals surface area contributed by atoms with Crippen LogP contribution >= 0.6 is 0 Å². The van der Waals surface area contributed by atoms with Gasteiger partial charge in [0.1, 0.15) is 0 Å². The molecule has 0 saturated heterocycles. The van der Waals surface area contributed by atoms with E-state index in [0.29, 0.717) is 5.92 Å². The van der Waals surface area contributed by atoms with Gasteiger partial charge in [0, 0.05) is 13.2 Å². The fourth-order valence-corrected chi connectivity index (χ4v) is 1.03. The van der Waals surface area contributed by atoms with Crippen LogP contribution in [0.15, 0.2) is 24.3 Å². The van der Waals surface area contributed by atoms with E-state index in [9.17, 15) is 0 Å². The smallest absolute Gasteiger partial charge is 0.0474 e. The maximum Gasteiger partial charge on any atom is 0.0474 e. The van der Waals surface area contributed by atoms with Crippen molar-refractivity contribution in [3.8, 4) is 0 Å². The molecule has 0 saturated carbocycles. The summed E-state index contributed by atoms with van der Waals surface area (Å²) in [6.45, 7) is 3.75. The van der Waals surface area contributed by atoms with Gasteiger partial charge in [0.05, 0.1) is 0 Å². The minimum Gasteiger partial charge on any atom is -0.382 e. The van der Waals surface area contributed by atoms with Crippen molar-refractivity contribution in [2.75, 3.05) is 13.2 Å². The molecule has 0 bridgehead atoms. The lowest BCUT2D eigenvalue weighted by Gasteiger charge is -2.03. The third kappa shape index (κ3) is 2.36. The molecule has 0 aromatic carbocycles. The summed E-state index contributed by atoms with van der Waals surface area (Å²) in [7, 11) is 0. The molecular weight excluding hydrogens is 124 g/mol. The lowest BCUT2D eigenvalue weighted by molar-refractivity contribution is 0.141. The first-order chi connectivity index (χ1) is 4.93. The summed E-state index contributed by atoms with van der Waals surface area (Å²) in [5, 5.41) is 0. The first kappa shape index (κ1) is 7.55. The second-order valence-corrected chi connectivity index (χ2v) is 2.42. The largest absolute Gasteiger partial charge is 0.382 e. The van der Waals surface area contributed by atoms with Gasteiger partial charge in [0.15, 0.2) is 0 Å². The monoisotopic (exact) mass is 138 g/mol. The SMILES string of the molecule is CCOCCC1C=CC=C1. The second kappa shape index (κ2) is 4.29. The summed E-state index contributed by atoms with van der Waals surface area (Å²) in [5.41, 5.74) is 0. The predicted octanol–water partition coefficient (Wildman–Crippen LogP) is 2.16. The van der Waals surface area contributed by atoms with Gasteiger partial charge in [-0.3, -0.25) is 0 Å². The van der Waals surface area contributed by atoms with Crippen molar-refractivity contribution in [2.45, 2.75) is 13.3 Å². The van der Waals surface area contributed by atoms with Crippen molar-refractivity contribution in [3.63, 3.8) is 0 Å². The highest BCUT2D eigenvalue weighted by Crippen LogP contribution is 2.12. The van der Waals surface area contributed by atoms with Crippen molar-refractivity contribution in [1.29, 1.82) is 0 Å². The standard InChI is InChI=1S/C9H14O/c1-2-10-8-7-9-5-3-4-6-9/h3-6,9H,2,7-8H2,1H3. The van der Waals surface area contributed by atoms with Crippen molar-refractivity contribution >= 4 is 0 Å². The van der Waals surface area contributed by atoms with Gasteiger partial charge in [0.2, 0.25) is 0 Å². The lowest BCUT2D eigenvalue weighted by atomic mass is 10.1. The zero-order valence-corrected chi connectivity index (χ0v) is 6.42. The van der Waals surface area contributed by atoms with E-state index in [1.54, 1.807) is 0 Å². The number of allylic oxidation sites excluding steroid dienone is 4. The Hall–Kier alpha value is -0.560. The molecule has 1 aliphatic rings. The molecule has 0 spiro atoms. The number of ether oxygens (including phenoxy) is 1. The fourth-order valence-electron chi connectivity index (χ4n) is 1.03. The van der Waals surface area contributed by atoms with E-state index >= 15 is 0 Å². The average Bonchev–Trinajstić information content (AvgIpc) is 2.41. The second-order valence-electron chi connectivity index (χ2n) is 2.42. The van der Waals surface area contributed by atoms with Gasteiger partial charge in [-0.15, -0.1) is 0 Å². The molecule has 1 aliphatic carbocycles. The number of hydrogen-bond acceptors (Lipinski definition) is 1. The van der Waals surface area contributed by atoms with Gasteiger partial charge >= 0.3 is 0 Å². The highest BCUT2D eigenvalue weighted by Gasteiger charge is 2.01. The maximum atomic E-state index is 5.23. The molecular formula is C9H14O. The van der Waals surface area contributed by atoms with Crippen LogP contribution in [-0.2, 0) is 4.74 Å². The van der Waals surface area contributed by atoms with E-state index in [2.05, 4.69) is 24.3 Å². The van der Waals surface area contributed by atoms with Crippen molar-refractivity contribution in [1.82, 2.24) is 0 Å². The first-order valence-electron chi connectivity index (χ1n) is 3.86. The first-order valence-corrected chi connectivity index (χ1v) is 3.86. The summed E-state index contributed by atoms with van der Waals surface area (Å²) < 4.78 is 5.23. The highest BCUT2D eigenvalue weighted by atomic mass is 16.5. The summed E-state index contributed by atoms with van der Waals surface area (Å²) in [4.78, 5) is 0. The van der Waals surface area contributed by atoms with Crippen LogP contribution in [-0.4, -0.2) is 13.2 Å². The van der Waals surface area contributed by atoms with Gasteiger partial charge in [0.25, 0.3) is 0 Å². The van der Waals surface area contributed by atoms with Crippen LogP contribution < -0.4 is 0 Å². The Bertz CT molecular complexity index is 124. The molecule has 0 heterocycles. The fraction of sp³-hybridized carbons (Fsp3) is 0.556. The van der Waals surface area contributed by atoms with Gasteiger partial charge in [-0.2, -0.15) is 0 Å². The van der Waals surface area contributed by atoms with Gasteiger partial charge in [-0.1, -0.05) is 24.3 Å². The summed E-state index contributed by atoms with van der Waals surface area (Å²) in [5.74, 6) is 0.631. The molecule has 0 unspecified atom stereocenters. The summed E-state index contributed by atoms with van der Waals surface area (Å²) in [6, 6.07) is 0. The molecule has 0 amide bonds. The summed E-state index contributed by atoms with van der Waals surface area (Å²) in [6.07, 6.45) is 9.73. The zero-order chi connectivity index (χ0) is 7.23. The highest BCUT2D eigenvalue weighted by molar-refractivity contribution is 5.17. The average molecular weight is 138 g/mol. The van der Waals surface area contributed by atoms with E-state index in [1.165, 1.54) is 0 Å². The van der Waals surface area contributed by atoms with Crippen LogP contribution in [0.1, 0.15) is 13.3 Å². The van der Waals surface area contributed by atoms with Crippen molar-refractivity contribution < 1.29 is 4.74 Å². The van der Waals surface area contributed by atoms with E-state index in [1.807, 2.05) is 6.92 Å². The minimum atomic E-state index is 0.631. The molecule has 0 aromatic rings. The Labute approximate surface area is 62.4 Å². The van der Waals surface area contributed by atoms with Gasteiger partial charge in [-0.25, -0.2) is 0 Å². The lowest BCUT2D eigenvalue weighted by Crippen LogP contribution is -1.98. The molecule has 0 N–H and O–H groups in total. The Morgan fingerprint density at radius 2 is 2.00 bits per heavy atom. The van der Waals surface area contributed by atoms with Crippen LogP contribution in [0.3, 0.4) is 0 Å². The zero-order valence-electron chi connectivity index (χ0n) is 6.42. The number of hydrogen-bond donors (Lipinski definition) is 0. The van der Waals surface area contributed by atoms with Crippen LogP contribution in [0, 0.1) is 5.92 Å². The molecule has 0 fully saturated rings. The van der Waals surface area contributed by atoms with E-state index in [4.69, 9.17) is 4.74 Å². The Morgan fingerprint density at radius 3 is 2.60 bits per heavy atom. The number of rotatable bonds is 4. The van der Waals surface area contributed by atoms with Gasteiger partial charge < -0.3 is 4.74 Å². The van der Waals surface area contributed by atoms with Crippen molar-refractivity contribution in [2.24, 2.45) is 5.92 Å². The van der Waals surface area contributed by atoms with Crippen molar-refractivity contribution in [3.05, 3.63) is 24.3 Å². The quantitative estimate of drug-likeness (QED) is 0.541. The van der Waals surface area contributed by atoms with Gasteiger partial charge in [-0.05, 0) is 19.3 Å². The Kier molecular flexibility index (Phi) is 3.23. The Balaban J connectivity index is 2.03. The molecule has 1 nitrogen and oxygen atoms in total. The topological polar surface area (TPSA) is 9.23 Å². The summed E-state index contributed by atoms with van der Waals surface area (Å²) >= 11 is 0. The molecule has 10 heavy (non-hydrogen) atoms. The third-order valence-corrected chi connectivity index (χ3v) is 1.63. The third-order valence-electron chi connectivity index (χ3n) is 1.63.